The molecule has 1 amide bonds. The smallest absolute Gasteiger partial charge is 0.243 e. The van der Waals surface area contributed by atoms with Crippen LogP contribution in [0, 0.1) is 19.7 Å². The van der Waals surface area contributed by atoms with E-state index in [4.69, 9.17) is 0 Å². The van der Waals surface area contributed by atoms with E-state index in [2.05, 4.69) is 21.2 Å². The molecule has 0 saturated heterocycles. The third kappa shape index (κ3) is 5.60. The fourth-order valence-electron chi connectivity index (χ4n) is 2.47. The van der Waals surface area contributed by atoms with Gasteiger partial charge < -0.3 is 5.32 Å². The maximum atomic E-state index is 13.7. The quantitative estimate of drug-likeness (QED) is 0.695. The van der Waals surface area contributed by atoms with E-state index in [9.17, 15) is 17.6 Å². The molecule has 0 aliphatic carbocycles. The number of nitrogens with one attached hydrogen (secondary N) is 1. The first kappa shape index (κ1) is 21.5. The summed E-state index contributed by atoms with van der Waals surface area (Å²) in [7, 11) is -2.40. The molecule has 0 aromatic heterocycles. The maximum absolute atomic E-state index is 13.7. The molecule has 0 heterocycles. The minimum absolute atomic E-state index is 0.150. The largest absolute Gasteiger partial charge is 0.355 e. The first-order valence-electron chi connectivity index (χ1n) is 8.35. The van der Waals surface area contributed by atoms with Gasteiger partial charge in [0.15, 0.2) is 0 Å². The molecular formula is C19H22BrFN2O3S. The van der Waals surface area contributed by atoms with Crippen LogP contribution in [-0.4, -0.2) is 38.8 Å². The molecule has 0 aliphatic rings. The minimum Gasteiger partial charge on any atom is -0.355 e. The Balaban J connectivity index is 1.94. The molecule has 0 aliphatic heterocycles. The van der Waals surface area contributed by atoms with Crippen molar-refractivity contribution in [2.24, 2.45) is 0 Å². The van der Waals surface area contributed by atoms with Crippen LogP contribution in [0.2, 0.25) is 0 Å². The Morgan fingerprint density at radius 1 is 1.15 bits per heavy atom. The van der Waals surface area contributed by atoms with E-state index in [0.29, 0.717) is 12.0 Å². The second kappa shape index (κ2) is 8.95. The minimum atomic E-state index is -3.76. The summed E-state index contributed by atoms with van der Waals surface area (Å²) in [6, 6.07) is 9.47. The van der Waals surface area contributed by atoms with Crippen LogP contribution >= 0.6 is 15.9 Å². The zero-order chi connectivity index (χ0) is 20.2. The van der Waals surface area contributed by atoms with Gasteiger partial charge in [0.2, 0.25) is 15.9 Å². The maximum Gasteiger partial charge on any atom is 0.243 e. The lowest BCUT2D eigenvalue weighted by Crippen LogP contribution is -2.39. The number of halogens is 2. The van der Waals surface area contributed by atoms with Crippen LogP contribution in [0.4, 0.5) is 4.39 Å². The highest BCUT2D eigenvalue weighted by molar-refractivity contribution is 9.10. The highest BCUT2D eigenvalue weighted by Crippen LogP contribution is 2.18. The molecule has 146 valence electrons. The fourth-order valence-corrected chi connectivity index (χ4v) is 4.09. The monoisotopic (exact) mass is 456 g/mol. The Morgan fingerprint density at radius 3 is 2.52 bits per heavy atom. The standard InChI is InChI=1S/C19H22BrFN2O3S/c1-13-4-6-17(10-14(13)2)27(25,26)23(3)12-19(24)22-9-8-15-11-16(20)5-7-18(15)21/h4-7,10-11H,8-9,12H2,1-3H3,(H,22,24). The Hall–Kier alpha value is -1.77. The van der Waals surface area contributed by atoms with Crippen LogP contribution in [0.3, 0.4) is 0 Å². The number of carbonyl (C=O) groups excluding carboxylic acids is 1. The van der Waals surface area contributed by atoms with Gasteiger partial charge in [-0.15, -0.1) is 0 Å². The van der Waals surface area contributed by atoms with Crippen LogP contribution in [0.15, 0.2) is 45.8 Å². The Morgan fingerprint density at radius 2 is 1.85 bits per heavy atom. The molecule has 1 N–H and O–H groups in total. The second-order valence-corrected chi connectivity index (χ2v) is 9.30. The third-order valence-electron chi connectivity index (χ3n) is 4.28. The molecule has 0 saturated carbocycles. The van der Waals surface area contributed by atoms with Crippen molar-refractivity contribution >= 4 is 31.9 Å². The predicted molar refractivity (Wildman–Crippen MR) is 107 cm³/mol. The molecule has 0 bridgehead atoms. The van der Waals surface area contributed by atoms with Crippen molar-refractivity contribution in [3.63, 3.8) is 0 Å². The fraction of sp³-hybridized carbons (Fsp3) is 0.316. The van der Waals surface area contributed by atoms with Gasteiger partial charge in [0.1, 0.15) is 5.82 Å². The first-order chi connectivity index (χ1) is 12.6. The molecule has 0 spiro atoms. The number of aryl methyl sites for hydroxylation is 2. The van der Waals surface area contributed by atoms with Crippen LogP contribution in [0.25, 0.3) is 0 Å². The second-order valence-electron chi connectivity index (χ2n) is 6.34. The lowest BCUT2D eigenvalue weighted by atomic mass is 10.1. The first-order valence-corrected chi connectivity index (χ1v) is 10.6. The van der Waals surface area contributed by atoms with E-state index >= 15 is 0 Å². The van der Waals surface area contributed by atoms with Gasteiger partial charge in [-0.3, -0.25) is 4.79 Å². The topological polar surface area (TPSA) is 66.5 Å². The average molecular weight is 457 g/mol. The zero-order valence-corrected chi connectivity index (χ0v) is 17.8. The predicted octanol–water partition coefficient (Wildman–Crippen LogP) is 3.18. The summed E-state index contributed by atoms with van der Waals surface area (Å²) in [5.41, 5.74) is 2.33. The van der Waals surface area contributed by atoms with E-state index in [1.54, 1.807) is 24.3 Å². The van der Waals surface area contributed by atoms with E-state index < -0.39 is 15.9 Å². The van der Waals surface area contributed by atoms with Gasteiger partial charge in [0.05, 0.1) is 11.4 Å². The average Bonchev–Trinajstić information content (AvgIpc) is 2.60. The molecule has 0 radical (unpaired) electrons. The summed E-state index contributed by atoms with van der Waals surface area (Å²) in [5.74, 6) is -0.790. The van der Waals surface area contributed by atoms with Crippen molar-refractivity contribution in [2.45, 2.75) is 25.2 Å². The highest BCUT2D eigenvalue weighted by Gasteiger charge is 2.23. The normalized spacial score (nSPS) is 11.6. The van der Waals surface area contributed by atoms with Crippen LogP contribution in [-0.2, 0) is 21.2 Å². The zero-order valence-electron chi connectivity index (χ0n) is 15.4. The Labute approximate surface area is 167 Å². The Bertz CT molecular complexity index is 948. The Kier molecular flexibility index (Phi) is 7.13. The molecule has 2 rings (SSSR count). The lowest BCUT2D eigenvalue weighted by molar-refractivity contribution is -0.121. The molecule has 27 heavy (non-hydrogen) atoms. The summed E-state index contributed by atoms with van der Waals surface area (Å²) in [5, 5.41) is 2.63. The summed E-state index contributed by atoms with van der Waals surface area (Å²) in [4.78, 5) is 12.2. The van der Waals surface area contributed by atoms with Crippen molar-refractivity contribution < 1.29 is 17.6 Å². The molecule has 2 aromatic carbocycles. The summed E-state index contributed by atoms with van der Waals surface area (Å²) in [6.07, 6.45) is 0.310. The molecule has 8 heteroatoms. The van der Waals surface area contributed by atoms with E-state index in [1.807, 2.05) is 13.8 Å². The van der Waals surface area contributed by atoms with Gasteiger partial charge in [-0.1, -0.05) is 22.0 Å². The lowest BCUT2D eigenvalue weighted by Gasteiger charge is -2.17. The third-order valence-corrected chi connectivity index (χ3v) is 6.57. The van der Waals surface area contributed by atoms with Gasteiger partial charge in [-0.25, -0.2) is 12.8 Å². The number of hydrogen-bond donors (Lipinski definition) is 1. The molecule has 2 aromatic rings. The molecular weight excluding hydrogens is 435 g/mol. The molecule has 5 nitrogen and oxygen atoms in total. The SMILES string of the molecule is Cc1ccc(S(=O)(=O)N(C)CC(=O)NCCc2cc(Br)ccc2F)cc1C. The van der Waals surface area contributed by atoms with Crippen molar-refractivity contribution in [2.75, 3.05) is 20.1 Å². The van der Waals surface area contributed by atoms with E-state index in [1.165, 1.54) is 19.2 Å². The number of carbonyl (C=O) groups is 1. The summed E-state index contributed by atoms with van der Waals surface area (Å²) in [6.45, 7) is 3.64. The van der Waals surface area contributed by atoms with Crippen LogP contribution < -0.4 is 5.32 Å². The number of sulfonamides is 1. The number of nitrogens with zero attached hydrogens (tertiary/aromatic N) is 1. The summed E-state index contributed by atoms with van der Waals surface area (Å²) < 4.78 is 40.6. The molecule has 0 atom stereocenters. The van der Waals surface area contributed by atoms with Gasteiger partial charge >= 0.3 is 0 Å². The number of likely N-dealkylation sites (N-methyl/N-ethyl adjacent to an activating group) is 1. The molecule has 0 fully saturated rings. The van der Waals surface area contributed by atoms with Gasteiger partial charge in [0.25, 0.3) is 0 Å². The number of benzene rings is 2. The van der Waals surface area contributed by atoms with E-state index in [0.717, 1.165) is 19.9 Å². The van der Waals surface area contributed by atoms with Gasteiger partial charge in [-0.2, -0.15) is 4.31 Å². The van der Waals surface area contributed by atoms with Crippen LogP contribution in [0.5, 0.6) is 0 Å². The van der Waals surface area contributed by atoms with Crippen molar-refractivity contribution in [1.29, 1.82) is 0 Å². The summed E-state index contributed by atoms with van der Waals surface area (Å²) >= 11 is 3.28. The van der Waals surface area contributed by atoms with Crippen molar-refractivity contribution in [1.82, 2.24) is 9.62 Å². The van der Waals surface area contributed by atoms with Crippen LogP contribution in [0.1, 0.15) is 16.7 Å². The van der Waals surface area contributed by atoms with Crippen molar-refractivity contribution in [3.8, 4) is 0 Å². The van der Waals surface area contributed by atoms with Gasteiger partial charge in [0, 0.05) is 18.1 Å². The number of hydrogen-bond acceptors (Lipinski definition) is 3. The number of amides is 1. The van der Waals surface area contributed by atoms with Gasteiger partial charge in [-0.05, 0) is 67.3 Å². The van der Waals surface area contributed by atoms with E-state index in [-0.39, 0.29) is 23.8 Å². The highest BCUT2D eigenvalue weighted by atomic mass is 79.9. The molecule has 0 unspecified atom stereocenters. The number of rotatable bonds is 7. The van der Waals surface area contributed by atoms with Crippen molar-refractivity contribution in [3.05, 3.63) is 63.4 Å².